The van der Waals surface area contributed by atoms with E-state index in [0.717, 1.165) is 22.4 Å². The first kappa shape index (κ1) is 23.5. The maximum absolute atomic E-state index is 12.8. The normalized spacial score (nSPS) is 11.3. The number of nitrogens with zero attached hydrogens (tertiary/aromatic N) is 3. The molecule has 0 aliphatic rings. The number of rotatable bonds is 7. The number of hydrogen-bond donors (Lipinski definition) is 3. The molecule has 0 saturated carbocycles. The smallest absolute Gasteiger partial charge is 0.261 e. The number of nitrogens with one attached hydrogen (secondary N) is 3. The number of hydrogen-bond acceptors (Lipinski definition) is 5. The number of sulfonamides is 1. The number of guanidine groups is 1. The van der Waals surface area contributed by atoms with Gasteiger partial charge in [-0.2, -0.15) is 5.26 Å². The molecule has 0 fully saturated rings. The molecule has 8 nitrogen and oxygen atoms in total. The maximum atomic E-state index is 12.8. The molecule has 9 heteroatoms. The fourth-order valence-electron chi connectivity index (χ4n) is 3.25. The van der Waals surface area contributed by atoms with Gasteiger partial charge in [-0.3, -0.25) is 15.0 Å². The second-order valence-electron chi connectivity index (χ2n) is 7.46. The third-order valence-corrected chi connectivity index (χ3v) is 6.41. The van der Waals surface area contributed by atoms with E-state index in [1.165, 1.54) is 0 Å². The zero-order valence-corrected chi connectivity index (χ0v) is 19.4. The Labute approximate surface area is 204 Å². The SMILES string of the molecule is N#CNC(=NCc1ccc(NS(=O)(=O)c2ccc(-c3ccccc3)cc2)cc1)Nc1ccncc1. The fourth-order valence-corrected chi connectivity index (χ4v) is 4.31. The fraction of sp³-hybridized carbons (Fsp3) is 0.0385. The van der Waals surface area contributed by atoms with E-state index in [4.69, 9.17) is 5.26 Å². The highest BCUT2D eigenvalue weighted by Gasteiger charge is 2.14. The average Bonchev–Trinajstić information content (AvgIpc) is 2.89. The van der Waals surface area contributed by atoms with Crippen molar-refractivity contribution in [1.29, 1.82) is 5.26 Å². The summed E-state index contributed by atoms with van der Waals surface area (Å²) in [5.41, 5.74) is 3.98. The highest BCUT2D eigenvalue weighted by molar-refractivity contribution is 7.92. The van der Waals surface area contributed by atoms with E-state index >= 15 is 0 Å². The molecule has 0 radical (unpaired) electrons. The summed E-state index contributed by atoms with van der Waals surface area (Å²) in [4.78, 5) is 8.51. The molecular formula is C26H22N6O2S. The van der Waals surface area contributed by atoms with E-state index in [9.17, 15) is 8.42 Å². The first-order valence-corrected chi connectivity index (χ1v) is 12.2. The molecule has 0 amide bonds. The van der Waals surface area contributed by atoms with Crippen LogP contribution in [0.1, 0.15) is 5.56 Å². The van der Waals surface area contributed by atoms with Crippen LogP contribution in [0.3, 0.4) is 0 Å². The van der Waals surface area contributed by atoms with Crippen LogP contribution in [0.25, 0.3) is 11.1 Å². The minimum Gasteiger partial charge on any atom is -0.325 e. The minimum atomic E-state index is -3.73. The number of aromatic nitrogens is 1. The van der Waals surface area contributed by atoms with Crippen molar-refractivity contribution in [3.05, 3.63) is 109 Å². The molecule has 0 spiro atoms. The number of pyridine rings is 1. The first-order chi connectivity index (χ1) is 17.0. The van der Waals surface area contributed by atoms with Crippen molar-refractivity contribution in [2.75, 3.05) is 10.0 Å². The second kappa shape index (κ2) is 11.0. The van der Waals surface area contributed by atoms with E-state index in [-0.39, 0.29) is 11.4 Å². The molecular weight excluding hydrogens is 460 g/mol. The summed E-state index contributed by atoms with van der Waals surface area (Å²) in [6.45, 7) is 0.288. The molecule has 3 aromatic carbocycles. The van der Waals surface area contributed by atoms with Gasteiger partial charge in [-0.15, -0.1) is 0 Å². The second-order valence-corrected chi connectivity index (χ2v) is 9.14. The Kier molecular flexibility index (Phi) is 7.35. The van der Waals surface area contributed by atoms with Crippen LogP contribution in [0.5, 0.6) is 0 Å². The topological polar surface area (TPSA) is 119 Å². The van der Waals surface area contributed by atoms with E-state index in [0.29, 0.717) is 11.6 Å². The Balaban J connectivity index is 1.41. The molecule has 4 rings (SSSR count). The largest absolute Gasteiger partial charge is 0.325 e. The molecule has 0 aliphatic carbocycles. The zero-order chi connectivity index (χ0) is 24.5. The molecule has 174 valence electrons. The van der Waals surface area contributed by atoms with Gasteiger partial charge in [0.25, 0.3) is 10.0 Å². The number of aliphatic imine (C=N–C) groups is 1. The maximum Gasteiger partial charge on any atom is 0.261 e. The summed E-state index contributed by atoms with van der Waals surface area (Å²) >= 11 is 0. The standard InChI is InChI=1S/C26H22N6O2S/c27-19-30-26(31-23-14-16-28-17-15-23)29-18-20-6-10-24(11-7-20)32-35(33,34)25-12-8-22(9-13-25)21-4-2-1-3-5-21/h1-17,32H,18H2,(H2,28,29,30,31). The summed E-state index contributed by atoms with van der Waals surface area (Å²) in [5, 5.41) is 14.5. The van der Waals surface area contributed by atoms with Gasteiger partial charge in [-0.25, -0.2) is 13.4 Å². The first-order valence-electron chi connectivity index (χ1n) is 10.7. The van der Waals surface area contributed by atoms with Gasteiger partial charge in [-0.1, -0.05) is 54.6 Å². The van der Waals surface area contributed by atoms with Crippen LogP contribution in [-0.4, -0.2) is 19.4 Å². The van der Waals surface area contributed by atoms with Crippen molar-refractivity contribution < 1.29 is 8.42 Å². The van der Waals surface area contributed by atoms with E-state index < -0.39 is 10.0 Å². The lowest BCUT2D eigenvalue weighted by atomic mass is 10.1. The predicted molar refractivity (Wildman–Crippen MR) is 137 cm³/mol. The van der Waals surface area contributed by atoms with E-state index in [2.05, 4.69) is 25.3 Å². The summed E-state index contributed by atoms with van der Waals surface area (Å²) in [5.74, 6) is 0.294. The Morgan fingerprint density at radius 2 is 1.49 bits per heavy atom. The zero-order valence-electron chi connectivity index (χ0n) is 18.6. The van der Waals surface area contributed by atoms with Gasteiger partial charge in [0, 0.05) is 23.8 Å². The predicted octanol–water partition coefficient (Wildman–Crippen LogP) is 4.59. The van der Waals surface area contributed by atoms with Gasteiger partial charge in [0.1, 0.15) is 0 Å². The van der Waals surface area contributed by atoms with Gasteiger partial charge < -0.3 is 5.32 Å². The number of nitriles is 1. The summed E-state index contributed by atoms with van der Waals surface area (Å²) in [6.07, 6.45) is 5.11. The molecule has 0 unspecified atom stereocenters. The number of benzene rings is 3. The lowest BCUT2D eigenvalue weighted by Crippen LogP contribution is -2.26. The Bertz CT molecular complexity index is 1430. The highest BCUT2D eigenvalue weighted by Crippen LogP contribution is 2.22. The summed E-state index contributed by atoms with van der Waals surface area (Å²) in [6, 6.07) is 26.9. The summed E-state index contributed by atoms with van der Waals surface area (Å²) < 4.78 is 28.2. The van der Waals surface area contributed by atoms with Crippen molar-refractivity contribution in [3.8, 4) is 17.3 Å². The Hall–Kier alpha value is -4.68. The molecule has 35 heavy (non-hydrogen) atoms. The Morgan fingerprint density at radius 3 is 2.14 bits per heavy atom. The molecule has 1 aromatic heterocycles. The van der Waals surface area contributed by atoms with Crippen LogP contribution < -0.4 is 15.4 Å². The van der Waals surface area contributed by atoms with Gasteiger partial charge in [-0.05, 0) is 53.1 Å². The van der Waals surface area contributed by atoms with Crippen molar-refractivity contribution >= 4 is 27.4 Å². The van der Waals surface area contributed by atoms with E-state index in [1.807, 2.05) is 36.5 Å². The number of anilines is 2. The third-order valence-electron chi connectivity index (χ3n) is 5.01. The van der Waals surface area contributed by atoms with Crippen molar-refractivity contribution in [2.45, 2.75) is 11.4 Å². The molecule has 1 heterocycles. The van der Waals surface area contributed by atoms with Gasteiger partial charge in [0.15, 0.2) is 6.19 Å². The van der Waals surface area contributed by atoms with Crippen LogP contribution in [0.2, 0.25) is 0 Å². The summed E-state index contributed by atoms with van der Waals surface area (Å²) in [7, 11) is -3.73. The molecule has 0 atom stereocenters. The van der Waals surface area contributed by atoms with Crippen molar-refractivity contribution in [3.63, 3.8) is 0 Å². The van der Waals surface area contributed by atoms with Crippen molar-refractivity contribution in [2.24, 2.45) is 4.99 Å². The van der Waals surface area contributed by atoms with Gasteiger partial charge in [0.2, 0.25) is 5.96 Å². The molecule has 4 aromatic rings. The van der Waals surface area contributed by atoms with Crippen LogP contribution in [0.15, 0.2) is 113 Å². The minimum absolute atomic E-state index is 0.181. The average molecular weight is 483 g/mol. The molecule has 0 bridgehead atoms. The monoisotopic (exact) mass is 482 g/mol. The molecule has 3 N–H and O–H groups in total. The quantitative estimate of drug-likeness (QED) is 0.153. The molecule has 0 saturated heterocycles. The van der Waals surface area contributed by atoms with Crippen LogP contribution >= 0.6 is 0 Å². The lowest BCUT2D eigenvalue weighted by Gasteiger charge is -2.10. The molecule has 0 aliphatic heterocycles. The lowest BCUT2D eigenvalue weighted by molar-refractivity contribution is 0.601. The van der Waals surface area contributed by atoms with Crippen molar-refractivity contribution in [1.82, 2.24) is 10.3 Å². The Morgan fingerprint density at radius 1 is 0.829 bits per heavy atom. The third kappa shape index (κ3) is 6.43. The van der Waals surface area contributed by atoms with Crippen LogP contribution in [-0.2, 0) is 16.6 Å². The van der Waals surface area contributed by atoms with Crippen LogP contribution in [0, 0.1) is 11.5 Å². The van der Waals surface area contributed by atoms with Crippen LogP contribution in [0.4, 0.5) is 11.4 Å². The van der Waals surface area contributed by atoms with Gasteiger partial charge >= 0.3 is 0 Å². The highest BCUT2D eigenvalue weighted by atomic mass is 32.2. The van der Waals surface area contributed by atoms with E-state index in [1.54, 1.807) is 73.1 Å². The van der Waals surface area contributed by atoms with Gasteiger partial charge in [0.05, 0.1) is 11.4 Å².